The van der Waals surface area contributed by atoms with Crippen molar-refractivity contribution in [2.45, 2.75) is 59.3 Å². The number of hydrogen-bond acceptors (Lipinski definition) is 5. The first-order valence-corrected chi connectivity index (χ1v) is 11.9. The van der Waals surface area contributed by atoms with E-state index < -0.39 is 23.4 Å². The van der Waals surface area contributed by atoms with Crippen LogP contribution in [-0.4, -0.2) is 82.4 Å². The monoisotopic (exact) mass is 587 g/mol. The topological polar surface area (TPSA) is 95.0 Å². The minimum Gasteiger partial charge on any atom is -0.443 e. The second kappa shape index (κ2) is 10.8. The number of guanidine groups is 1. The van der Waals surface area contributed by atoms with E-state index in [1.54, 1.807) is 60.5 Å². The van der Waals surface area contributed by atoms with E-state index in [0.717, 1.165) is 9.13 Å². The van der Waals surface area contributed by atoms with Gasteiger partial charge in [-0.2, -0.15) is 0 Å². The molecule has 1 aliphatic heterocycles. The summed E-state index contributed by atoms with van der Waals surface area (Å²) in [5.41, 5.74) is -0.726. The fourth-order valence-electron chi connectivity index (χ4n) is 3.12. The molecule has 0 saturated carbocycles. The van der Waals surface area contributed by atoms with Gasteiger partial charge in [0.1, 0.15) is 11.2 Å². The third-order valence-electron chi connectivity index (χ3n) is 4.37. The minimum atomic E-state index is -0.846. The summed E-state index contributed by atoms with van der Waals surface area (Å²) in [6.45, 7) is 10.8. The van der Waals surface area contributed by atoms with Gasteiger partial charge in [0.25, 0.3) is 0 Å². The number of amides is 4. The molecule has 4 amide bonds. The van der Waals surface area contributed by atoms with Gasteiger partial charge in [-0.15, -0.1) is 4.99 Å². The highest BCUT2D eigenvalue weighted by Crippen LogP contribution is 2.19. The maximum atomic E-state index is 13.4. The van der Waals surface area contributed by atoms with Crippen molar-refractivity contribution in [2.75, 3.05) is 27.4 Å². The Labute approximate surface area is 215 Å². The first-order chi connectivity index (χ1) is 15.6. The number of hydrogen-bond donors (Lipinski definition) is 0. The summed E-state index contributed by atoms with van der Waals surface area (Å²) >= 11 is 2.19. The molecule has 10 nitrogen and oxygen atoms in total. The van der Waals surface area contributed by atoms with Crippen LogP contribution >= 0.6 is 22.6 Å². The summed E-state index contributed by atoms with van der Waals surface area (Å²) in [5.74, 6) is 0.0357. The van der Waals surface area contributed by atoms with Gasteiger partial charge in [0.2, 0.25) is 5.96 Å². The van der Waals surface area contributed by atoms with Gasteiger partial charge in [-0.25, -0.2) is 19.3 Å². The van der Waals surface area contributed by atoms with Gasteiger partial charge in [-0.3, -0.25) is 0 Å². The highest BCUT2D eigenvalue weighted by Gasteiger charge is 2.35. The fraction of sp³-hybridized carbons (Fsp3) is 0.565. The molecule has 0 spiro atoms. The SMILES string of the molecule is CN1CN(C(=NC(=O)OC(C)(C)C)N(Cc2cccc(I)c2)C(=O)OC(C)(C)C)CN(C)C1=O. The summed E-state index contributed by atoms with van der Waals surface area (Å²) in [6.07, 6.45) is -1.52. The highest BCUT2D eigenvalue weighted by molar-refractivity contribution is 14.1. The van der Waals surface area contributed by atoms with Crippen molar-refractivity contribution in [3.8, 4) is 0 Å². The molecule has 1 aromatic rings. The third-order valence-corrected chi connectivity index (χ3v) is 5.04. The van der Waals surface area contributed by atoms with Crippen molar-refractivity contribution in [1.29, 1.82) is 0 Å². The molecule has 11 heteroatoms. The number of carbonyl (C=O) groups is 3. The van der Waals surface area contributed by atoms with Gasteiger partial charge in [0.05, 0.1) is 19.9 Å². The van der Waals surface area contributed by atoms with Crippen molar-refractivity contribution in [1.82, 2.24) is 19.6 Å². The van der Waals surface area contributed by atoms with Gasteiger partial charge in [-0.1, -0.05) is 12.1 Å². The zero-order valence-corrected chi connectivity index (χ0v) is 23.2. The molecular weight excluding hydrogens is 553 g/mol. The molecule has 1 saturated heterocycles. The van der Waals surface area contributed by atoms with Crippen LogP contribution in [0.2, 0.25) is 0 Å². The van der Waals surface area contributed by atoms with Crippen molar-refractivity contribution >= 4 is 46.8 Å². The number of carbonyl (C=O) groups excluding carboxylic acids is 3. The van der Waals surface area contributed by atoms with E-state index in [0.29, 0.717) is 0 Å². The number of aliphatic imine (C=N–C) groups is 1. The van der Waals surface area contributed by atoms with E-state index in [1.807, 2.05) is 24.3 Å². The van der Waals surface area contributed by atoms with Crippen LogP contribution in [0.25, 0.3) is 0 Å². The normalized spacial score (nSPS) is 15.4. The summed E-state index contributed by atoms with van der Waals surface area (Å²) in [7, 11) is 3.26. The Morgan fingerprint density at radius 1 is 1.03 bits per heavy atom. The van der Waals surface area contributed by atoms with Gasteiger partial charge in [0, 0.05) is 17.7 Å². The number of nitrogens with zero attached hydrogens (tertiary/aromatic N) is 5. The fourth-order valence-corrected chi connectivity index (χ4v) is 3.72. The average molecular weight is 587 g/mol. The van der Waals surface area contributed by atoms with Crippen LogP contribution in [0.5, 0.6) is 0 Å². The van der Waals surface area contributed by atoms with E-state index in [9.17, 15) is 14.4 Å². The number of urea groups is 1. The van der Waals surface area contributed by atoms with Crippen molar-refractivity contribution < 1.29 is 23.9 Å². The maximum absolute atomic E-state index is 13.4. The second-order valence-corrected chi connectivity index (χ2v) is 11.3. The van der Waals surface area contributed by atoms with Gasteiger partial charge in [-0.05, 0) is 81.8 Å². The molecule has 0 radical (unpaired) electrons. The molecule has 1 aromatic carbocycles. The first kappa shape index (κ1) is 27.7. The van der Waals surface area contributed by atoms with E-state index >= 15 is 0 Å². The highest BCUT2D eigenvalue weighted by atomic mass is 127. The Bertz CT molecular complexity index is 940. The number of benzene rings is 1. The summed E-state index contributed by atoms with van der Waals surface area (Å²) < 4.78 is 12.1. The first-order valence-electron chi connectivity index (χ1n) is 10.8. The van der Waals surface area contributed by atoms with E-state index in [2.05, 4.69) is 27.6 Å². The molecule has 2 rings (SSSR count). The van der Waals surface area contributed by atoms with E-state index in [1.165, 1.54) is 14.7 Å². The minimum absolute atomic E-state index is 0.0357. The van der Waals surface area contributed by atoms with Gasteiger partial charge >= 0.3 is 18.2 Å². The Morgan fingerprint density at radius 3 is 2.09 bits per heavy atom. The predicted octanol–water partition coefficient (Wildman–Crippen LogP) is 4.53. The van der Waals surface area contributed by atoms with Crippen molar-refractivity contribution in [3.63, 3.8) is 0 Å². The van der Waals surface area contributed by atoms with Crippen LogP contribution < -0.4 is 0 Å². The lowest BCUT2D eigenvalue weighted by atomic mass is 10.2. The lowest BCUT2D eigenvalue weighted by Gasteiger charge is -2.42. The van der Waals surface area contributed by atoms with Crippen molar-refractivity contribution in [3.05, 3.63) is 33.4 Å². The molecule has 0 bridgehead atoms. The molecule has 1 fully saturated rings. The third kappa shape index (κ3) is 8.33. The lowest BCUT2D eigenvalue weighted by molar-refractivity contribution is 0.0300. The molecule has 1 heterocycles. The van der Waals surface area contributed by atoms with Gasteiger partial charge < -0.3 is 24.2 Å². The molecule has 0 unspecified atom stereocenters. The number of rotatable bonds is 2. The van der Waals surface area contributed by atoms with Crippen molar-refractivity contribution in [2.24, 2.45) is 4.99 Å². The molecule has 34 heavy (non-hydrogen) atoms. The predicted molar refractivity (Wildman–Crippen MR) is 137 cm³/mol. The number of ether oxygens (including phenoxy) is 2. The Morgan fingerprint density at radius 2 is 1.59 bits per heavy atom. The van der Waals surface area contributed by atoms with E-state index in [-0.39, 0.29) is 31.9 Å². The zero-order chi connectivity index (χ0) is 25.8. The molecule has 1 aliphatic rings. The van der Waals surface area contributed by atoms with Crippen LogP contribution in [0.1, 0.15) is 47.1 Å². The smallest absolute Gasteiger partial charge is 0.437 e. The quantitative estimate of drug-likeness (QED) is 0.287. The van der Waals surface area contributed by atoms with Gasteiger partial charge in [0.15, 0.2) is 0 Å². The van der Waals surface area contributed by atoms with Crippen LogP contribution in [0, 0.1) is 3.57 Å². The standard InChI is InChI=1S/C23H34IN5O5/c1-22(2,3)33-19(30)25-18(28-14-26(7)20(31)27(8)15-28)29(21(32)34-23(4,5)6)13-16-10-9-11-17(24)12-16/h9-12H,13-15H2,1-8H3. The average Bonchev–Trinajstić information content (AvgIpc) is 2.65. The Hall–Kier alpha value is -2.57. The molecule has 188 valence electrons. The van der Waals surface area contributed by atoms with Crippen LogP contribution in [-0.2, 0) is 16.0 Å². The van der Waals surface area contributed by atoms with Crippen LogP contribution in [0.3, 0.4) is 0 Å². The number of halogens is 1. The van der Waals surface area contributed by atoms with E-state index in [4.69, 9.17) is 9.47 Å². The lowest BCUT2D eigenvalue weighted by Crippen LogP contribution is -2.60. The molecule has 0 N–H and O–H groups in total. The summed E-state index contributed by atoms with van der Waals surface area (Å²) in [4.78, 5) is 48.5. The zero-order valence-electron chi connectivity index (χ0n) is 21.1. The molecule has 0 aliphatic carbocycles. The van der Waals surface area contributed by atoms with Crippen LogP contribution in [0.4, 0.5) is 14.4 Å². The maximum Gasteiger partial charge on any atom is 0.437 e. The summed E-state index contributed by atoms with van der Waals surface area (Å²) in [6, 6.07) is 7.45. The molecular formula is C23H34IN5O5. The summed E-state index contributed by atoms with van der Waals surface area (Å²) in [5, 5.41) is 0. The second-order valence-electron chi connectivity index (χ2n) is 10.1. The Kier molecular flexibility index (Phi) is 8.78. The molecule has 0 aromatic heterocycles. The molecule has 0 atom stereocenters. The van der Waals surface area contributed by atoms with Crippen LogP contribution in [0.15, 0.2) is 29.3 Å². The Balaban J connectivity index is 2.56. The largest absolute Gasteiger partial charge is 0.443 e.